The Hall–Kier alpha value is -1.88. The molecule has 1 aromatic heterocycles. The van der Waals surface area contributed by atoms with Crippen LogP contribution in [0.5, 0.6) is 0 Å². The maximum absolute atomic E-state index is 11.4. The molecule has 0 spiro atoms. The first kappa shape index (κ1) is 13.5. The Kier molecular flexibility index (Phi) is 4.52. The highest BCUT2D eigenvalue weighted by atomic mass is 32.1. The Bertz CT molecular complexity index is 539. The summed E-state index contributed by atoms with van der Waals surface area (Å²) in [7, 11) is 0. The Morgan fingerprint density at radius 3 is 2.89 bits per heavy atom. The van der Waals surface area contributed by atoms with Gasteiger partial charge in [-0.05, 0) is 25.1 Å². The van der Waals surface area contributed by atoms with Crippen LogP contribution < -0.4 is 10.6 Å². The Morgan fingerprint density at radius 1 is 1.42 bits per heavy atom. The number of aromatic nitrogens is 1. The van der Waals surface area contributed by atoms with E-state index >= 15 is 0 Å². The second kappa shape index (κ2) is 6.33. The van der Waals surface area contributed by atoms with Crippen LogP contribution in [0.4, 0.5) is 11.4 Å². The summed E-state index contributed by atoms with van der Waals surface area (Å²) < 4.78 is 0. The number of anilines is 2. The lowest BCUT2D eigenvalue weighted by atomic mass is 10.2. The molecule has 0 fully saturated rings. The number of nitrogens with one attached hydrogen (secondary N) is 2. The molecule has 1 unspecified atom stereocenters. The topological polar surface area (TPSA) is 54.0 Å². The van der Waals surface area contributed by atoms with Gasteiger partial charge in [0.25, 0.3) is 0 Å². The molecule has 0 aliphatic rings. The summed E-state index contributed by atoms with van der Waals surface area (Å²) in [6.45, 7) is 3.92. The normalized spacial score (nSPS) is 11.9. The summed E-state index contributed by atoms with van der Waals surface area (Å²) >= 11 is 1.63. The smallest absolute Gasteiger partial charge is 0.224 e. The highest BCUT2D eigenvalue weighted by molar-refractivity contribution is 7.09. The first-order valence-corrected chi connectivity index (χ1v) is 7.12. The van der Waals surface area contributed by atoms with Crippen LogP contribution in [0.25, 0.3) is 0 Å². The fourth-order valence-electron chi connectivity index (χ4n) is 1.70. The van der Waals surface area contributed by atoms with Crippen LogP contribution in [0.15, 0.2) is 36.0 Å². The van der Waals surface area contributed by atoms with Gasteiger partial charge in [-0.1, -0.05) is 13.0 Å². The molecule has 0 aliphatic carbocycles. The zero-order chi connectivity index (χ0) is 13.7. The van der Waals surface area contributed by atoms with Crippen LogP contribution >= 0.6 is 11.3 Å². The van der Waals surface area contributed by atoms with E-state index < -0.39 is 0 Å². The number of thiazole rings is 1. The highest BCUT2D eigenvalue weighted by Gasteiger charge is 2.07. The molecule has 100 valence electrons. The first-order valence-electron chi connectivity index (χ1n) is 6.24. The van der Waals surface area contributed by atoms with E-state index in [-0.39, 0.29) is 11.9 Å². The van der Waals surface area contributed by atoms with E-state index in [1.807, 2.05) is 42.9 Å². The van der Waals surface area contributed by atoms with E-state index in [1.165, 1.54) is 4.88 Å². The summed E-state index contributed by atoms with van der Waals surface area (Å²) in [6.07, 6.45) is 2.35. The maximum atomic E-state index is 11.4. The van der Waals surface area contributed by atoms with Gasteiger partial charge in [0.05, 0.1) is 11.6 Å². The number of hydrogen-bond acceptors (Lipinski definition) is 4. The van der Waals surface area contributed by atoms with Gasteiger partial charge in [0.2, 0.25) is 5.91 Å². The lowest BCUT2D eigenvalue weighted by Crippen LogP contribution is -2.10. The predicted octanol–water partition coefficient (Wildman–Crippen LogP) is 3.66. The molecule has 2 N–H and O–H groups in total. The lowest BCUT2D eigenvalue weighted by molar-refractivity contribution is -0.115. The van der Waals surface area contributed by atoms with Gasteiger partial charge in [-0.25, -0.2) is 0 Å². The monoisotopic (exact) mass is 275 g/mol. The van der Waals surface area contributed by atoms with Crippen molar-refractivity contribution >= 4 is 28.6 Å². The summed E-state index contributed by atoms with van der Waals surface area (Å²) in [6, 6.07) is 7.93. The van der Waals surface area contributed by atoms with E-state index in [1.54, 1.807) is 11.3 Å². The van der Waals surface area contributed by atoms with Crippen LogP contribution in [0, 0.1) is 0 Å². The number of nitrogens with zero attached hydrogens (tertiary/aromatic N) is 1. The van der Waals surface area contributed by atoms with Crippen LogP contribution in [0.1, 0.15) is 31.2 Å². The highest BCUT2D eigenvalue weighted by Crippen LogP contribution is 2.23. The number of hydrogen-bond donors (Lipinski definition) is 2. The van der Waals surface area contributed by atoms with Crippen molar-refractivity contribution in [2.45, 2.75) is 26.3 Å². The lowest BCUT2D eigenvalue weighted by Gasteiger charge is -2.14. The Labute approximate surface area is 116 Å². The molecule has 1 aromatic carbocycles. The number of amides is 1. The van der Waals surface area contributed by atoms with Crippen molar-refractivity contribution in [3.05, 3.63) is 40.8 Å². The zero-order valence-corrected chi connectivity index (χ0v) is 11.8. The second-order valence-corrected chi connectivity index (χ2v) is 5.17. The van der Waals surface area contributed by atoms with Crippen molar-refractivity contribution in [2.75, 3.05) is 10.6 Å². The SMILES string of the molecule is CCC(=O)Nc1cccc(NC(C)c2cncs2)c1. The number of carbonyl (C=O) groups is 1. The minimum Gasteiger partial charge on any atom is -0.378 e. The van der Waals surface area contributed by atoms with Crippen molar-refractivity contribution in [3.8, 4) is 0 Å². The molecule has 4 nitrogen and oxygen atoms in total. The molecule has 1 atom stereocenters. The van der Waals surface area contributed by atoms with Gasteiger partial charge in [-0.2, -0.15) is 0 Å². The van der Waals surface area contributed by atoms with Crippen molar-refractivity contribution in [3.63, 3.8) is 0 Å². The van der Waals surface area contributed by atoms with Gasteiger partial charge >= 0.3 is 0 Å². The molecule has 1 amide bonds. The predicted molar refractivity (Wildman–Crippen MR) is 79.5 cm³/mol. The van der Waals surface area contributed by atoms with Crippen LogP contribution in [0.2, 0.25) is 0 Å². The summed E-state index contributed by atoms with van der Waals surface area (Å²) in [5.41, 5.74) is 3.62. The Balaban J connectivity index is 2.04. The van der Waals surface area contributed by atoms with E-state index in [9.17, 15) is 4.79 Å². The van der Waals surface area contributed by atoms with Crippen molar-refractivity contribution in [2.24, 2.45) is 0 Å². The molecule has 0 aliphatic heterocycles. The average Bonchev–Trinajstić information content (AvgIpc) is 2.93. The largest absolute Gasteiger partial charge is 0.378 e. The number of carbonyl (C=O) groups excluding carboxylic acids is 1. The Morgan fingerprint density at radius 2 is 2.21 bits per heavy atom. The van der Waals surface area contributed by atoms with Crippen LogP contribution in [-0.4, -0.2) is 10.9 Å². The standard InChI is InChI=1S/C14H17N3OS/c1-3-14(18)17-12-6-4-5-11(7-12)16-10(2)13-8-15-9-19-13/h4-10,16H,3H2,1-2H3,(H,17,18). The van der Waals surface area contributed by atoms with Crippen LogP contribution in [-0.2, 0) is 4.79 Å². The quantitative estimate of drug-likeness (QED) is 0.875. The summed E-state index contributed by atoms with van der Waals surface area (Å²) in [5.74, 6) is 0.0210. The molecular weight excluding hydrogens is 258 g/mol. The number of benzene rings is 1. The summed E-state index contributed by atoms with van der Waals surface area (Å²) in [5, 5.41) is 6.25. The van der Waals surface area contributed by atoms with Gasteiger partial charge in [0.1, 0.15) is 0 Å². The van der Waals surface area contributed by atoms with E-state index in [4.69, 9.17) is 0 Å². The third-order valence-corrected chi connectivity index (χ3v) is 3.69. The van der Waals surface area contributed by atoms with E-state index in [0.29, 0.717) is 6.42 Å². The van der Waals surface area contributed by atoms with Crippen molar-refractivity contribution < 1.29 is 4.79 Å². The fraction of sp³-hybridized carbons (Fsp3) is 0.286. The van der Waals surface area contributed by atoms with Gasteiger partial charge in [0.15, 0.2) is 0 Å². The third kappa shape index (κ3) is 3.79. The first-order chi connectivity index (χ1) is 9.19. The van der Waals surface area contributed by atoms with Crippen molar-refractivity contribution in [1.82, 2.24) is 4.98 Å². The van der Waals surface area contributed by atoms with Gasteiger partial charge in [-0.3, -0.25) is 9.78 Å². The third-order valence-electron chi connectivity index (χ3n) is 2.73. The molecule has 0 radical (unpaired) electrons. The van der Waals surface area contributed by atoms with E-state index in [0.717, 1.165) is 11.4 Å². The van der Waals surface area contributed by atoms with Crippen molar-refractivity contribution in [1.29, 1.82) is 0 Å². The molecule has 2 aromatic rings. The average molecular weight is 275 g/mol. The number of rotatable bonds is 5. The molecule has 1 heterocycles. The van der Waals surface area contributed by atoms with E-state index in [2.05, 4.69) is 22.5 Å². The molecule has 19 heavy (non-hydrogen) atoms. The maximum Gasteiger partial charge on any atom is 0.224 e. The van der Waals surface area contributed by atoms with Gasteiger partial charge in [0, 0.05) is 28.9 Å². The summed E-state index contributed by atoms with van der Waals surface area (Å²) in [4.78, 5) is 16.6. The minimum atomic E-state index is 0.0210. The van der Waals surface area contributed by atoms with Gasteiger partial charge in [-0.15, -0.1) is 11.3 Å². The fourth-order valence-corrected chi connectivity index (χ4v) is 2.32. The van der Waals surface area contributed by atoms with Crippen LogP contribution in [0.3, 0.4) is 0 Å². The molecule has 0 bridgehead atoms. The molecule has 5 heteroatoms. The molecule has 0 saturated heterocycles. The van der Waals surface area contributed by atoms with Gasteiger partial charge < -0.3 is 10.6 Å². The molecular formula is C14H17N3OS. The second-order valence-electron chi connectivity index (χ2n) is 4.25. The minimum absolute atomic E-state index is 0.0210. The molecule has 0 saturated carbocycles. The zero-order valence-electron chi connectivity index (χ0n) is 11.0. The molecule has 2 rings (SSSR count).